The zero-order valence-corrected chi connectivity index (χ0v) is 10.1. The van der Waals surface area contributed by atoms with Crippen LogP contribution in [0, 0.1) is 11.3 Å². The van der Waals surface area contributed by atoms with Crippen LogP contribution >= 0.6 is 0 Å². The van der Waals surface area contributed by atoms with Crippen LogP contribution in [0.4, 0.5) is 0 Å². The van der Waals surface area contributed by atoms with E-state index in [9.17, 15) is 9.90 Å². The molecule has 92 valence electrons. The van der Waals surface area contributed by atoms with Crippen molar-refractivity contribution in [3.63, 3.8) is 0 Å². The van der Waals surface area contributed by atoms with Crippen LogP contribution < -0.4 is 0 Å². The maximum atomic E-state index is 11.4. The molecule has 0 amide bonds. The Morgan fingerprint density at radius 1 is 1.50 bits per heavy atom. The molecule has 0 radical (unpaired) electrons. The Hall–Kier alpha value is -0.570. The molecule has 3 heteroatoms. The summed E-state index contributed by atoms with van der Waals surface area (Å²) in [5, 5.41) is 9.41. The maximum Gasteiger partial charge on any atom is 0.309 e. The predicted octanol–water partition coefficient (Wildman–Crippen LogP) is 2.84. The van der Waals surface area contributed by atoms with Crippen molar-refractivity contribution in [3.05, 3.63) is 0 Å². The molecule has 0 aromatic heterocycles. The summed E-state index contributed by atoms with van der Waals surface area (Å²) in [6.45, 7) is 3.03. The van der Waals surface area contributed by atoms with Gasteiger partial charge in [-0.3, -0.25) is 4.79 Å². The van der Waals surface area contributed by atoms with Crippen LogP contribution in [-0.4, -0.2) is 23.8 Å². The number of rotatable bonds is 4. The van der Waals surface area contributed by atoms with Gasteiger partial charge in [-0.15, -0.1) is 0 Å². The maximum absolute atomic E-state index is 11.4. The van der Waals surface area contributed by atoms with Crippen LogP contribution in [0.2, 0.25) is 0 Å². The molecule has 1 aliphatic heterocycles. The third-order valence-electron chi connectivity index (χ3n) is 4.28. The molecule has 16 heavy (non-hydrogen) atoms. The van der Waals surface area contributed by atoms with Gasteiger partial charge in [0.25, 0.3) is 0 Å². The molecule has 0 bridgehead atoms. The second-order valence-electron chi connectivity index (χ2n) is 5.61. The second-order valence-corrected chi connectivity index (χ2v) is 5.61. The lowest BCUT2D eigenvalue weighted by atomic mass is 9.80. The fourth-order valence-corrected chi connectivity index (χ4v) is 3.23. The van der Waals surface area contributed by atoms with Crippen LogP contribution in [0.15, 0.2) is 0 Å². The normalized spacial score (nSPS) is 39.1. The van der Waals surface area contributed by atoms with Crippen LogP contribution in [0.5, 0.6) is 0 Å². The van der Waals surface area contributed by atoms with Gasteiger partial charge in [0.2, 0.25) is 0 Å². The highest BCUT2D eigenvalue weighted by atomic mass is 16.5. The van der Waals surface area contributed by atoms with Gasteiger partial charge in [0.05, 0.1) is 11.5 Å². The number of aliphatic carboxylic acids is 1. The minimum Gasteiger partial charge on any atom is -0.481 e. The fourth-order valence-electron chi connectivity index (χ4n) is 3.23. The van der Waals surface area contributed by atoms with Gasteiger partial charge >= 0.3 is 5.97 Å². The van der Waals surface area contributed by atoms with E-state index in [1.54, 1.807) is 0 Å². The summed E-state index contributed by atoms with van der Waals surface area (Å²) in [5.74, 6) is -0.0181. The standard InChI is InChI=1S/C13H22O3/c1-10-4-6-13(9-10,12(14)15)7-5-11-3-2-8-16-11/h10-11H,2-9H2,1H3,(H,14,15). The number of carboxylic acids is 1. The number of ether oxygens (including phenoxy) is 1. The zero-order chi connectivity index (χ0) is 11.6. The summed E-state index contributed by atoms with van der Waals surface area (Å²) < 4.78 is 5.57. The number of carbonyl (C=O) groups is 1. The van der Waals surface area contributed by atoms with Gasteiger partial charge in [0.15, 0.2) is 0 Å². The van der Waals surface area contributed by atoms with E-state index in [1.807, 2.05) is 0 Å². The first-order valence-electron chi connectivity index (χ1n) is 6.47. The molecule has 0 spiro atoms. The summed E-state index contributed by atoms with van der Waals surface area (Å²) in [6.07, 6.45) is 7.10. The van der Waals surface area contributed by atoms with Crippen molar-refractivity contribution >= 4 is 5.97 Å². The Balaban J connectivity index is 1.90. The molecule has 2 rings (SSSR count). The Bertz CT molecular complexity index is 258. The van der Waals surface area contributed by atoms with Crippen molar-refractivity contribution < 1.29 is 14.6 Å². The summed E-state index contributed by atoms with van der Waals surface area (Å²) in [7, 11) is 0. The molecule has 1 saturated heterocycles. The number of hydrogen-bond donors (Lipinski definition) is 1. The highest BCUT2D eigenvalue weighted by Crippen LogP contribution is 2.46. The molecule has 2 fully saturated rings. The fraction of sp³-hybridized carbons (Fsp3) is 0.923. The quantitative estimate of drug-likeness (QED) is 0.801. The van der Waals surface area contributed by atoms with Gasteiger partial charge < -0.3 is 9.84 Å². The summed E-state index contributed by atoms with van der Waals surface area (Å²) in [4.78, 5) is 11.4. The van der Waals surface area contributed by atoms with Gasteiger partial charge in [-0.2, -0.15) is 0 Å². The summed E-state index contributed by atoms with van der Waals surface area (Å²) in [5.41, 5.74) is -0.439. The van der Waals surface area contributed by atoms with Gasteiger partial charge in [0.1, 0.15) is 0 Å². The van der Waals surface area contributed by atoms with Gasteiger partial charge in [-0.25, -0.2) is 0 Å². The minimum atomic E-state index is -0.588. The molecule has 1 saturated carbocycles. The Kier molecular flexibility index (Phi) is 3.53. The number of hydrogen-bond acceptors (Lipinski definition) is 2. The number of carboxylic acid groups (broad SMARTS) is 1. The van der Waals surface area contributed by atoms with E-state index in [0.717, 1.165) is 51.6 Å². The molecule has 1 aliphatic carbocycles. The Labute approximate surface area is 97.2 Å². The van der Waals surface area contributed by atoms with Crippen molar-refractivity contribution in [2.75, 3.05) is 6.61 Å². The summed E-state index contributed by atoms with van der Waals surface area (Å²) >= 11 is 0. The minimum absolute atomic E-state index is 0.326. The Morgan fingerprint density at radius 2 is 2.31 bits per heavy atom. The van der Waals surface area contributed by atoms with E-state index < -0.39 is 11.4 Å². The molecule has 2 aliphatic rings. The monoisotopic (exact) mass is 226 g/mol. The topological polar surface area (TPSA) is 46.5 Å². The van der Waals surface area contributed by atoms with Crippen molar-refractivity contribution in [1.82, 2.24) is 0 Å². The molecule has 1 N–H and O–H groups in total. The highest BCUT2D eigenvalue weighted by Gasteiger charge is 2.44. The largest absolute Gasteiger partial charge is 0.481 e. The van der Waals surface area contributed by atoms with Crippen LogP contribution in [0.25, 0.3) is 0 Å². The van der Waals surface area contributed by atoms with Crippen molar-refractivity contribution in [1.29, 1.82) is 0 Å². The van der Waals surface area contributed by atoms with Crippen LogP contribution in [-0.2, 0) is 9.53 Å². The van der Waals surface area contributed by atoms with E-state index in [4.69, 9.17) is 4.74 Å². The first-order valence-corrected chi connectivity index (χ1v) is 6.47. The van der Waals surface area contributed by atoms with Gasteiger partial charge in [0, 0.05) is 6.61 Å². The van der Waals surface area contributed by atoms with E-state index in [-0.39, 0.29) is 0 Å². The van der Waals surface area contributed by atoms with E-state index in [2.05, 4.69) is 6.92 Å². The van der Waals surface area contributed by atoms with Gasteiger partial charge in [-0.05, 0) is 50.9 Å². The van der Waals surface area contributed by atoms with E-state index in [1.165, 1.54) is 0 Å². The average Bonchev–Trinajstić information content (AvgIpc) is 2.84. The third kappa shape index (κ3) is 2.40. The van der Waals surface area contributed by atoms with Crippen molar-refractivity contribution in [2.45, 2.75) is 58.0 Å². The highest BCUT2D eigenvalue weighted by molar-refractivity contribution is 5.75. The first-order chi connectivity index (χ1) is 7.62. The summed E-state index contributed by atoms with van der Waals surface area (Å²) in [6, 6.07) is 0. The molecule has 1 heterocycles. The smallest absolute Gasteiger partial charge is 0.309 e. The van der Waals surface area contributed by atoms with Crippen LogP contribution in [0.3, 0.4) is 0 Å². The van der Waals surface area contributed by atoms with Gasteiger partial charge in [-0.1, -0.05) is 6.92 Å². The van der Waals surface area contributed by atoms with Crippen molar-refractivity contribution in [3.8, 4) is 0 Å². The lowest BCUT2D eigenvalue weighted by Gasteiger charge is -2.25. The predicted molar refractivity (Wildman–Crippen MR) is 61.3 cm³/mol. The lowest BCUT2D eigenvalue weighted by molar-refractivity contribution is -0.149. The van der Waals surface area contributed by atoms with E-state index >= 15 is 0 Å². The molecule has 3 nitrogen and oxygen atoms in total. The second kappa shape index (κ2) is 4.74. The molecular formula is C13H22O3. The molecule has 3 atom stereocenters. The molecule has 0 aromatic rings. The molecule has 3 unspecified atom stereocenters. The molecular weight excluding hydrogens is 204 g/mol. The SMILES string of the molecule is CC1CCC(CCC2CCCO2)(C(=O)O)C1. The zero-order valence-electron chi connectivity index (χ0n) is 10.1. The third-order valence-corrected chi connectivity index (χ3v) is 4.28. The average molecular weight is 226 g/mol. The lowest BCUT2D eigenvalue weighted by Crippen LogP contribution is -2.29. The first kappa shape index (κ1) is 11.9. The van der Waals surface area contributed by atoms with Crippen LogP contribution in [0.1, 0.15) is 51.9 Å². The Morgan fingerprint density at radius 3 is 2.81 bits per heavy atom. The van der Waals surface area contributed by atoms with E-state index in [0.29, 0.717) is 12.0 Å². The van der Waals surface area contributed by atoms with Crippen molar-refractivity contribution in [2.24, 2.45) is 11.3 Å². The molecule has 0 aromatic carbocycles.